The molecule has 1 aromatic rings. The Kier molecular flexibility index (Phi) is 8.57. The molecule has 0 heterocycles. The monoisotopic (exact) mass is 396 g/mol. The molecular formula is C19H25FN2O4S. The van der Waals surface area contributed by atoms with Crippen LogP contribution in [0.1, 0.15) is 32.6 Å². The third-order valence-electron chi connectivity index (χ3n) is 4.42. The molecule has 1 aromatic carbocycles. The molecule has 27 heavy (non-hydrogen) atoms. The topological polar surface area (TPSA) is 84.5 Å². The van der Waals surface area contributed by atoms with Crippen molar-refractivity contribution in [2.75, 3.05) is 23.4 Å². The number of amides is 2. The zero-order chi connectivity index (χ0) is 19.6. The highest BCUT2D eigenvalue weighted by molar-refractivity contribution is 8.00. The molecule has 2 amide bonds. The summed E-state index contributed by atoms with van der Waals surface area (Å²) in [6.45, 7) is 1.79. The molecule has 2 N–H and O–H groups in total. The summed E-state index contributed by atoms with van der Waals surface area (Å²) in [6, 6.07) is 5.99. The van der Waals surface area contributed by atoms with Crippen molar-refractivity contribution in [3.05, 3.63) is 30.1 Å². The summed E-state index contributed by atoms with van der Waals surface area (Å²) in [5, 5.41) is 5.34. The molecule has 1 fully saturated rings. The first-order chi connectivity index (χ1) is 13.0. The normalized spacial score (nSPS) is 19.2. The number of nitrogens with one attached hydrogen (secondary N) is 2. The van der Waals surface area contributed by atoms with E-state index in [0.717, 1.165) is 31.0 Å². The van der Waals surface area contributed by atoms with Gasteiger partial charge in [-0.1, -0.05) is 31.9 Å². The molecule has 2 atom stereocenters. The molecule has 0 saturated heterocycles. The molecule has 0 spiro atoms. The number of para-hydroxylation sites is 1. The second-order valence-corrected chi connectivity index (χ2v) is 7.60. The van der Waals surface area contributed by atoms with E-state index >= 15 is 0 Å². The highest BCUT2D eigenvalue weighted by Crippen LogP contribution is 2.23. The van der Waals surface area contributed by atoms with Crippen LogP contribution in [0.25, 0.3) is 0 Å². The van der Waals surface area contributed by atoms with Gasteiger partial charge in [0.2, 0.25) is 5.91 Å². The molecule has 0 unspecified atom stereocenters. The maximum atomic E-state index is 13.4. The van der Waals surface area contributed by atoms with Crippen LogP contribution in [0.4, 0.5) is 10.1 Å². The zero-order valence-corrected chi connectivity index (χ0v) is 16.1. The first-order valence-electron chi connectivity index (χ1n) is 9.03. The largest absolute Gasteiger partial charge is 0.455 e. The lowest BCUT2D eigenvalue weighted by Gasteiger charge is -2.29. The van der Waals surface area contributed by atoms with Crippen molar-refractivity contribution >= 4 is 35.2 Å². The fourth-order valence-corrected chi connectivity index (χ4v) is 3.55. The number of anilines is 1. The minimum Gasteiger partial charge on any atom is -0.455 e. The fourth-order valence-electron chi connectivity index (χ4n) is 2.94. The Morgan fingerprint density at radius 1 is 1.15 bits per heavy atom. The number of carbonyl (C=O) groups excluding carboxylic acids is 3. The number of ether oxygens (including phenoxy) is 1. The summed E-state index contributed by atoms with van der Waals surface area (Å²) < 4.78 is 18.4. The van der Waals surface area contributed by atoms with Crippen LogP contribution in [0.3, 0.4) is 0 Å². The van der Waals surface area contributed by atoms with E-state index in [9.17, 15) is 18.8 Å². The minimum absolute atomic E-state index is 0.0186. The molecule has 0 radical (unpaired) electrons. The van der Waals surface area contributed by atoms with Crippen LogP contribution in [-0.4, -0.2) is 41.9 Å². The highest BCUT2D eigenvalue weighted by Gasteiger charge is 2.23. The molecular weight excluding hydrogens is 371 g/mol. The van der Waals surface area contributed by atoms with Gasteiger partial charge in [0.1, 0.15) is 5.82 Å². The lowest BCUT2D eigenvalue weighted by Crippen LogP contribution is -2.43. The minimum atomic E-state index is -0.564. The predicted octanol–water partition coefficient (Wildman–Crippen LogP) is 2.74. The van der Waals surface area contributed by atoms with E-state index in [1.165, 1.54) is 24.6 Å². The van der Waals surface area contributed by atoms with Crippen molar-refractivity contribution < 1.29 is 23.5 Å². The number of hydrogen-bond donors (Lipinski definition) is 2. The Bertz CT molecular complexity index is 671. The summed E-state index contributed by atoms with van der Waals surface area (Å²) in [5.74, 6) is -1.44. The lowest BCUT2D eigenvalue weighted by molar-refractivity contribution is -0.146. The fraction of sp³-hybridized carbons (Fsp3) is 0.526. The standard InChI is InChI=1S/C19H25FN2O4S/c1-13-6-2-4-8-15(13)21-17(23)10-26-19(25)12-27-11-18(24)22-16-9-5-3-7-14(16)20/h3,5,7,9,13,15H,2,4,6,8,10-12H2,1H3,(H,21,23)(H,22,24)/t13-,15+/m1/s1. The number of thioether (sulfide) groups is 1. The number of halogens is 1. The van der Waals surface area contributed by atoms with E-state index in [2.05, 4.69) is 17.6 Å². The Balaban J connectivity index is 1.59. The van der Waals surface area contributed by atoms with Gasteiger partial charge >= 0.3 is 5.97 Å². The summed E-state index contributed by atoms with van der Waals surface area (Å²) in [7, 11) is 0. The molecule has 0 aliphatic heterocycles. The van der Waals surface area contributed by atoms with Crippen molar-refractivity contribution in [3.8, 4) is 0 Å². The van der Waals surface area contributed by atoms with Crippen LogP contribution in [-0.2, 0) is 19.1 Å². The first kappa shape index (κ1) is 21.2. The van der Waals surface area contributed by atoms with Crippen molar-refractivity contribution in [3.63, 3.8) is 0 Å². The van der Waals surface area contributed by atoms with Crippen LogP contribution in [0.2, 0.25) is 0 Å². The maximum Gasteiger partial charge on any atom is 0.316 e. The van der Waals surface area contributed by atoms with Crippen molar-refractivity contribution in [1.82, 2.24) is 5.32 Å². The molecule has 148 valence electrons. The third-order valence-corrected chi connectivity index (χ3v) is 5.33. The van der Waals surface area contributed by atoms with E-state index in [4.69, 9.17) is 4.74 Å². The number of carbonyl (C=O) groups is 3. The molecule has 6 nitrogen and oxygen atoms in total. The van der Waals surface area contributed by atoms with E-state index < -0.39 is 17.7 Å². The average Bonchev–Trinajstić information content (AvgIpc) is 2.64. The van der Waals surface area contributed by atoms with Crippen LogP contribution >= 0.6 is 11.8 Å². The second kappa shape index (κ2) is 10.9. The number of rotatable bonds is 8. The van der Waals surface area contributed by atoms with Gasteiger partial charge in [-0.05, 0) is 30.9 Å². The van der Waals surface area contributed by atoms with E-state index in [1.54, 1.807) is 6.07 Å². The average molecular weight is 396 g/mol. The molecule has 1 saturated carbocycles. The Morgan fingerprint density at radius 3 is 2.63 bits per heavy atom. The number of benzene rings is 1. The van der Waals surface area contributed by atoms with Gasteiger partial charge in [-0.15, -0.1) is 11.8 Å². The van der Waals surface area contributed by atoms with Crippen LogP contribution in [0, 0.1) is 11.7 Å². The summed E-state index contributed by atoms with van der Waals surface area (Å²) in [4.78, 5) is 35.3. The maximum absolute atomic E-state index is 13.4. The van der Waals surface area contributed by atoms with Crippen LogP contribution < -0.4 is 10.6 Å². The summed E-state index contributed by atoms with van der Waals surface area (Å²) in [5.41, 5.74) is 0.0966. The Morgan fingerprint density at radius 2 is 1.89 bits per heavy atom. The molecule has 2 rings (SSSR count). The number of hydrogen-bond acceptors (Lipinski definition) is 5. The Labute approximate surface area is 162 Å². The smallest absolute Gasteiger partial charge is 0.316 e. The van der Waals surface area contributed by atoms with E-state index in [0.29, 0.717) is 5.92 Å². The van der Waals surface area contributed by atoms with Crippen LogP contribution in [0.15, 0.2) is 24.3 Å². The molecule has 1 aliphatic rings. The SMILES string of the molecule is C[C@@H]1CCCC[C@@H]1NC(=O)COC(=O)CSCC(=O)Nc1ccccc1F. The van der Waals surface area contributed by atoms with Gasteiger partial charge in [-0.3, -0.25) is 14.4 Å². The van der Waals surface area contributed by atoms with E-state index in [-0.39, 0.29) is 35.7 Å². The second-order valence-electron chi connectivity index (χ2n) is 6.62. The van der Waals surface area contributed by atoms with Gasteiger partial charge < -0.3 is 15.4 Å². The quantitative estimate of drug-likeness (QED) is 0.660. The van der Waals surface area contributed by atoms with Gasteiger partial charge in [0.05, 0.1) is 17.2 Å². The molecule has 1 aliphatic carbocycles. The van der Waals surface area contributed by atoms with Crippen LogP contribution in [0.5, 0.6) is 0 Å². The van der Waals surface area contributed by atoms with Gasteiger partial charge in [-0.25, -0.2) is 4.39 Å². The van der Waals surface area contributed by atoms with Gasteiger partial charge in [0.25, 0.3) is 5.91 Å². The predicted molar refractivity (Wildman–Crippen MR) is 103 cm³/mol. The molecule has 0 aromatic heterocycles. The molecule has 0 bridgehead atoms. The van der Waals surface area contributed by atoms with Gasteiger partial charge in [0.15, 0.2) is 6.61 Å². The number of esters is 1. The lowest BCUT2D eigenvalue weighted by atomic mass is 9.86. The van der Waals surface area contributed by atoms with Gasteiger partial charge in [0, 0.05) is 6.04 Å². The third kappa shape index (κ3) is 7.58. The summed E-state index contributed by atoms with van der Waals surface area (Å²) in [6.07, 6.45) is 4.33. The van der Waals surface area contributed by atoms with Crippen molar-refractivity contribution in [2.45, 2.75) is 38.6 Å². The highest BCUT2D eigenvalue weighted by atomic mass is 32.2. The first-order valence-corrected chi connectivity index (χ1v) is 10.2. The van der Waals surface area contributed by atoms with Crippen molar-refractivity contribution in [1.29, 1.82) is 0 Å². The van der Waals surface area contributed by atoms with Crippen molar-refractivity contribution in [2.24, 2.45) is 5.92 Å². The molecule has 8 heteroatoms. The summed E-state index contributed by atoms with van der Waals surface area (Å²) >= 11 is 1.04. The zero-order valence-electron chi connectivity index (χ0n) is 15.3. The van der Waals surface area contributed by atoms with E-state index in [1.807, 2.05) is 0 Å². The van der Waals surface area contributed by atoms with Gasteiger partial charge in [-0.2, -0.15) is 0 Å². The Hall–Kier alpha value is -2.09.